The van der Waals surface area contributed by atoms with Crippen LogP contribution in [0, 0.1) is 0 Å². The third kappa shape index (κ3) is 3.52. The van der Waals surface area contributed by atoms with E-state index in [1.807, 2.05) is 0 Å². The van der Waals surface area contributed by atoms with Crippen LogP contribution in [0.4, 0.5) is 0 Å². The highest BCUT2D eigenvalue weighted by molar-refractivity contribution is 5.89. The fraction of sp³-hybridized carbons (Fsp3) is 0.417. The highest BCUT2D eigenvalue weighted by Gasteiger charge is 2.17. The van der Waals surface area contributed by atoms with Gasteiger partial charge in [0.1, 0.15) is 6.10 Å². The van der Waals surface area contributed by atoms with Crippen molar-refractivity contribution in [2.75, 3.05) is 13.2 Å². The topological polar surface area (TPSA) is 92.8 Å². The highest BCUT2D eigenvalue weighted by atomic mass is 16.5. The van der Waals surface area contributed by atoms with Gasteiger partial charge in [0, 0.05) is 6.54 Å². The van der Waals surface area contributed by atoms with Crippen LogP contribution >= 0.6 is 0 Å². The largest absolute Gasteiger partial charge is 0.462 e. The van der Waals surface area contributed by atoms with Crippen LogP contribution in [0.1, 0.15) is 28.9 Å². The molecule has 0 heterocycles. The van der Waals surface area contributed by atoms with Gasteiger partial charge in [0.15, 0.2) is 0 Å². The molecule has 1 aromatic carbocycles. The molecule has 2 unspecified atom stereocenters. The SMILES string of the molecule is CCOC(=O)c1ccc(C(O)C(O)CN)cc1. The van der Waals surface area contributed by atoms with Crippen LogP contribution in [0.5, 0.6) is 0 Å². The fourth-order valence-electron chi connectivity index (χ4n) is 1.38. The van der Waals surface area contributed by atoms with Gasteiger partial charge in [0.2, 0.25) is 0 Å². The monoisotopic (exact) mass is 239 g/mol. The second-order valence-electron chi connectivity index (χ2n) is 3.59. The molecule has 0 saturated carbocycles. The van der Waals surface area contributed by atoms with E-state index in [4.69, 9.17) is 10.5 Å². The van der Waals surface area contributed by atoms with Crippen LogP contribution in [-0.4, -0.2) is 35.4 Å². The zero-order chi connectivity index (χ0) is 12.8. The number of nitrogens with two attached hydrogens (primary N) is 1. The molecule has 0 fully saturated rings. The minimum absolute atomic E-state index is 0.0270. The van der Waals surface area contributed by atoms with Gasteiger partial charge in [-0.2, -0.15) is 0 Å². The van der Waals surface area contributed by atoms with Gasteiger partial charge in [-0.1, -0.05) is 12.1 Å². The Morgan fingerprint density at radius 1 is 1.35 bits per heavy atom. The van der Waals surface area contributed by atoms with Crippen molar-refractivity contribution in [3.8, 4) is 0 Å². The minimum Gasteiger partial charge on any atom is -0.462 e. The number of carbonyl (C=O) groups excluding carboxylic acids is 1. The average Bonchev–Trinajstić information content (AvgIpc) is 2.37. The molecule has 5 heteroatoms. The van der Waals surface area contributed by atoms with Gasteiger partial charge >= 0.3 is 5.97 Å². The Morgan fingerprint density at radius 2 is 1.94 bits per heavy atom. The highest BCUT2D eigenvalue weighted by Crippen LogP contribution is 2.17. The van der Waals surface area contributed by atoms with Crippen molar-refractivity contribution in [1.82, 2.24) is 0 Å². The molecular formula is C12H17NO4. The van der Waals surface area contributed by atoms with Crippen LogP contribution in [0.25, 0.3) is 0 Å². The van der Waals surface area contributed by atoms with Gasteiger partial charge in [-0.15, -0.1) is 0 Å². The molecule has 0 aliphatic rings. The Balaban J connectivity index is 2.77. The number of aliphatic hydroxyl groups is 2. The molecule has 1 aromatic rings. The molecule has 1 rings (SSSR count). The van der Waals surface area contributed by atoms with E-state index in [9.17, 15) is 15.0 Å². The Hall–Kier alpha value is -1.43. The summed E-state index contributed by atoms with van der Waals surface area (Å²) in [7, 11) is 0. The molecule has 94 valence electrons. The lowest BCUT2D eigenvalue weighted by Gasteiger charge is -2.16. The molecule has 0 spiro atoms. The molecular weight excluding hydrogens is 222 g/mol. The lowest BCUT2D eigenvalue weighted by molar-refractivity contribution is 0.0243. The van der Waals surface area contributed by atoms with Crippen LogP contribution in [0.3, 0.4) is 0 Å². The van der Waals surface area contributed by atoms with Crippen molar-refractivity contribution in [1.29, 1.82) is 0 Å². The molecule has 2 atom stereocenters. The van der Waals surface area contributed by atoms with Gasteiger partial charge in [-0.3, -0.25) is 0 Å². The van der Waals surface area contributed by atoms with Crippen molar-refractivity contribution in [2.24, 2.45) is 5.73 Å². The van der Waals surface area contributed by atoms with Crippen molar-refractivity contribution in [3.63, 3.8) is 0 Å². The zero-order valence-electron chi connectivity index (χ0n) is 9.67. The summed E-state index contributed by atoms with van der Waals surface area (Å²) in [4.78, 5) is 11.4. The quantitative estimate of drug-likeness (QED) is 0.639. The lowest BCUT2D eigenvalue weighted by atomic mass is 10.0. The molecule has 0 bridgehead atoms. The maximum Gasteiger partial charge on any atom is 0.338 e. The van der Waals surface area contributed by atoms with Crippen molar-refractivity contribution in [2.45, 2.75) is 19.1 Å². The summed E-state index contributed by atoms with van der Waals surface area (Å²) >= 11 is 0. The van der Waals surface area contributed by atoms with Crippen molar-refractivity contribution < 1.29 is 19.7 Å². The van der Waals surface area contributed by atoms with Gasteiger partial charge in [0.25, 0.3) is 0 Å². The predicted molar refractivity (Wildman–Crippen MR) is 62.4 cm³/mol. The van der Waals surface area contributed by atoms with E-state index in [-0.39, 0.29) is 6.54 Å². The Bertz CT molecular complexity index is 363. The number of esters is 1. The maximum atomic E-state index is 11.4. The van der Waals surface area contributed by atoms with E-state index in [0.29, 0.717) is 17.7 Å². The lowest BCUT2D eigenvalue weighted by Crippen LogP contribution is -2.27. The van der Waals surface area contributed by atoms with E-state index >= 15 is 0 Å². The van der Waals surface area contributed by atoms with Gasteiger partial charge < -0.3 is 20.7 Å². The van der Waals surface area contributed by atoms with E-state index in [1.54, 1.807) is 31.2 Å². The number of rotatable bonds is 5. The first-order valence-electron chi connectivity index (χ1n) is 5.43. The minimum atomic E-state index is -1.05. The number of ether oxygens (including phenoxy) is 1. The Kier molecular flexibility index (Phi) is 5.09. The Labute approximate surface area is 99.8 Å². The number of hydrogen-bond acceptors (Lipinski definition) is 5. The molecule has 0 amide bonds. The molecule has 0 saturated heterocycles. The fourth-order valence-corrected chi connectivity index (χ4v) is 1.38. The third-order valence-electron chi connectivity index (χ3n) is 2.37. The normalized spacial score (nSPS) is 14.1. The summed E-state index contributed by atoms with van der Waals surface area (Å²) in [6.07, 6.45) is -2.06. The van der Waals surface area contributed by atoms with Crippen LogP contribution in [0.2, 0.25) is 0 Å². The third-order valence-corrected chi connectivity index (χ3v) is 2.37. The van der Waals surface area contributed by atoms with Gasteiger partial charge in [-0.25, -0.2) is 4.79 Å². The molecule has 4 N–H and O–H groups in total. The summed E-state index contributed by atoms with van der Waals surface area (Å²) in [5.41, 5.74) is 6.16. The van der Waals surface area contributed by atoms with E-state index in [1.165, 1.54) is 0 Å². The first-order valence-corrected chi connectivity index (χ1v) is 5.43. The number of aliphatic hydroxyl groups excluding tert-OH is 2. The second-order valence-corrected chi connectivity index (χ2v) is 3.59. The predicted octanol–water partition coefficient (Wildman–Crippen LogP) is 0.216. The molecule has 0 aromatic heterocycles. The first kappa shape index (κ1) is 13.6. The molecule has 17 heavy (non-hydrogen) atoms. The van der Waals surface area contributed by atoms with E-state index < -0.39 is 18.2 Å². The zero-order valence-corrected chi connectivity index (χ0v) is 9.67. The smallest absolute Gasteiger partial charge is 0.338 e. The summed E-state index contributed by atoms with van der Waals surface area (Å²) in [6, 6.07) is 6.21. The number of carbonyl (C=O) groups is 1. The second kappa shape index (κ2) is 6.34. The van der Waals surface area contributed by atoms with Crippen LogP contribution in [0.15, 0.2) is 24.3 Å². The Morgan fingerprint density at radius 3 is 2.41 bits per heavy atom. The van der Waals surface area contributed by atoms with Crippen LogP contribution in [-0.2, 0) is 4.74 Å². The molecule has 0 aliphatic heterocycles. The summed E-state index contributed by atoms with van der Waals surface area (Å²) in [5.74, 6) is -0.409. The summed E-state index contributed by atoms with van der Waals surface area (Å²) in [5, 5.41) is 19.1. The number of benzene rings is 1. The summed E-state index contributed by atoms with van der Waals surface area (Å²) < 4.78 is 4.83. The van der Waals surface area contributed by atoms with Gasteiger partial charge in [-0.05, 0) is 24.6 Å². The molecule has 5 nitrogen and oxygen atoms in total. The number of hydrogen-bond donors (Lipinski definition) is 3. The maximum absolute atomic E-state index is 11.4. The van der Waals surface area contributed by atoms with Crippen LogP contribution < -0.4 is 5.73 Å². The van der Waals surface area contributed by atoms with E-state index in [2.05, 4.69) is 0 Å². The van der Waals surface area contributed by atoms with E-state index in [0.717, 1.165) is 0 Å². The first-order chi connectivity index (χ1) is 8.10. The average molecular weight is 239 g/mol. The molecule has 0 aliphatic carbocycles. The van der Waals surface area contributed by atoms with Crippen molar-refractivity contribution in [3.05, 3.63) is 35.4 Å². The molecule has 0 radical (unpaired) electrons. The van der Waals surface area contributed by atoms with Crippen molar-refractivity contribution >= 4 is 5.97 Å². The van der Waals surface area contributed by atoms with Gasteiger partial charge in [0.05, 0.1) is 18.3 Å². The standard InChI is InChI=1S/C12H17NO4/c1-2-17-12(16)9-5-3-8(4-6-9)11(15)10(14)7-13/h3-6,10-11,14-15H,2,7,13H2,1H3. The summed E-state index contributed by atoms with van der Waals surface area (Å²) in [6.45, 7) is 2.02.